The van der Waals surface area contributed by atoms with Gasteiger partial charge in [-0.15, -0.1) is 0 Å². The van der Waals surface area contributed by atoms with Crippen LogP contribution in [0.3, 0.4) is 0 Å². The van der Waals surface area contributed by atoms with E-state index in [2.05, 4.69) is 57.6 Å². The van der Waals surface area contributed by atoms with E-state index >= 15 is 0 Å². The molecule has 0 atom stereocenters. The lowest BCUT2D eigenvalue weighted by molar-refractivity contribution is 0.534. The largest absolute Gasteiger partial charge is 0.245 e. The van der Waals surface area contributed by atoms with Crippen LogP contribution in [0.2, 0.25) is 0 Å². The first-order valence-corrected chi connectivity index (χ1v) is 6.57. The molecule has 2 aromatic heterocycles. The monoisotopic (exact) mass is 258 g/mol. The van der Waals surface area contributed by atoms with Gasteiger partial charge in [0.2, 0.25) is 0 Å². The van der Waals surface area contributed by atoms with Crippen molar-refractivity contribution in [2.24, 2.45) is 0 Å². The highest BCUT2D eigenvalue weighted by Gasteiger charge is 2.26. The third-order valence-electron chi connectivity index (χ3n) is 3.03. The summed E-state index contributed by atoms with van der Waals surface area (Å²) in [4.78, 5) is 8.27. The highest BCUT2D eigenvalue weighted by atomic mass is 15.3. The van der Waals surface area contributed by atoms with Gasteiger partial charge in [-0.2, -0.15) is 5.10 Å². The van der Waals surface area contributed by atoms with Crippen LogP contribution in [0.25, 0.3) is 5.82 Å². The molecule has 102 valence electrons. The number of hydrogen-bond acceptors (Lipinski definition) is 3. The fraction of sp³-hybridized carbons (Fsp3) is 0.533. The summed E-state index contributed by atoms with van der Waals surface area (Å²) in [7, 11) is 0. The van der Waals surface area contributed by atoms with Gasteiger partial charge in [-0.3, -0.25) is 0 Å². The first-order chi connectivity index (χ1) is 8.69. The summed E-state index contributed by atoms with van der Waals surface area (Å²) < 4.78 is 1.93. The topological polar surface area (TPSA) is 43.6 Å². The van der Waals surface area contributed by atoms with Crippen molar-refractivity contribution >= 4 is 0 Å². The Labute approximate surface area is 114 Å². The molecule has 0 saturated heterocycles. The van der Waals surface area contributed by atoms with E-state index in [4.69, 9.17) is 5.10 Å². The Morgan fingerprint density at radius 1 is 1.00 bits per heavy atom. The van der Waals surface area contributed by atoms with Gasteiger partial charge in [0.25, 0.3) is 0 Å². The molecule has 4 nitrogen and oxygen atoms in total. The SMILES string of the molecule is CC(C)(C)c1cc(C(C)(C)C)n(-c2ccncn2)n1. The Balaban J connectivity index is 2.63. The molecule has 4 heteroatoms. The first-order valence-electron chi connectivity index (χ1n) is 6.57. The molecule has 0 amide bonds. The van der Waals surface area contributed by atoms with Crippen molar-refractivity contribution in [2.45, 2.75) is 52.4 Å². The van der Waals surface area contributed by atoms with Gasteiger partial charge in [-0.1, -0.05) is 41.5 Å². The molecule has 0 unspecified atom stereocenters. The van der Waals surface area contributed by atoms with Crippen LogP contribution < -0.4 is 0 Å². The smallest absolute Gasteiger partial charge is 0.156 e. The summed E-state index contributed by atoms with van der Waals surface area (Å²) in [5.74, 6) is 0.815. The van der Waals surface area contributed by atoms with Gasteiger partial charge < -0.3 is 0 Å². The van der Waals surface area contributed by atoms with Gasteiger partial charge in [0.15, 0.2) is 5.82 Å². The predicted molar refractivity (Wildman–Crippen MR) is 76.6 cm³/mol. The molecule has 2 heterocycles. The average molecular weight is 258 g/mol. The van der Waals surface area contributed by atoms with Crippen molar-refractivity contribution in [1.82, 2.24) is 19.7 Å². The van der Waals surface area contributed by atoms with Crippen LogP contribution >= 0.6 is 0 Å². The summed E-state index contributed by atoms with van der Waals surface area (Å²) in [6.45, 7) is 13.1. The van der Waals surface area contributed by atoms with Gasteiger partial charge in [-0.25, -0.2) is 14.6 Å². The number of hydrogen-bond donors (Lipinski definition) is 0. The maximum Gasteiger partial charge on any atom is 0.156 e. The van der Waals surface area contributed by atoms with Crippen LogP contribution in [-0.2, 0) is 10.8 Å². The van der Waals surface area contributed by atoms with Crippen molar-refractivity contribution in [3.8, 4) is 5.82 Å². The zero-order valence-electron chi connectivity index (χ0n) is 12.6. The van der Waals surface area contributed by atoms with Crippen LogP contribution in [0.15, 0.2) is 24.7 Å². The minimum atomic E-state index is 0.0153. The van der Waals surface area contributed by atoms with E-state index in [1.807, 2.05) is 10.7 Å². The summed E-state index contributed by atoms with van der Waals surface area (Å²) in [6, 6.07) is 4.07. The number of rotatable bonds is 1. The molecule has 0 N–H and O–H groups in total. The van der Waals surface area contributed by atoms with E-state index in [1.165, 1.54) is 0 Å². The first kappa shape index (κ1) is 13.7. The molecule has 0 bridgehead atoms. The lowest BCUT2D eigenvalue weighted by Crippen LogP contribution is -2.18. The third-order valence-corrected chi connectivity index (χ3v) is 3.03. The van der Waals surface area contributed by atoms with Gasteiger partial charge >= 0.3 is 0 Å². The zero-order chi connectivity index (χ0) is 14.3. The summed E-state index contributed by atoms with van der Waals surface area (Å²) in [5.41, 5.74) is 2.28. The van der Waals surface area contributed by atoms with Crippen molar-refractivity contribution in [2.75, 3.05) is 0 Å². The number of aromatic nitrogens is 4. The lowest BCUT2D eigenvalue weighted by Gasteiger charge is -2.19. The van der Waals surface area contributed by atoms with Crippen LogP contribution in [0.5, 0.6) is 0 Å². The molecule has 0 aromatic carbocycles. The van der Waals surface area contributed by atoms with E-state index in [0.29, 0.717) is 0 Å². The Kier molecular flexibility index (Phi) is 3.20. The molecule has 2 aromatic rings. The normalized spacial score (nSPS) is 12.7. The van der Waals surface area contributed by atoms with E-state index in [-0.39, 0.29) is 10.8 Å². The third kappa shape index (κ3) is 2.83. The van der Waals surface area contributed by atoms with Crippen molar-refractivity contribution in [3.63, 3.8) is 0 Å². The predicted octanol–water partition coefficient (Wildman–Crippen LogP) is 3.26. The molecule has 0 aliphatic carbocycles. The Morgan fingerprint density at radius 3 is 2.16 bits per heavy atom. The van der Waals surface area contributed by atoms with Crippen LogP contribution in [0, 0.1) is 0 Å². The lowest BCUT2D eigenvalue weighted by atomic mass is 9.88. The summed E-state index contributed by atoms with van der Waals surface area (Å²) >= 11 is 0. The van der Waals surface area contributed by atoms with Gasteiger partial charge in [0.1, 0.15) is 6.33 Å². The molecule has 0 aliphatic heterocycles. The Bertz CT molecular complexity index is 556. The van der Waals surface area contributed by atoms with E-state index < -0.39 is 0 Å². The second-order valence-corrected chi connectivity index (χ2v) is 6.89. The Hall–Kier alpha value is -1.71. The van der Waals surface area contributed by atoms with Crippen molar-refractivity contribution in [3.05, 3.63) is 36.0 Å². The molecule has 2 rings (SSSR count). The quantitative estimate of drug-likeness (QED) is 0.788. The summed E-state index contributed by atoms with van der Waals surface area (Å²) in [5, 5.41) is 4.74. The molecule has 0 aliphatic rings. The molecule has 0 fully saturated rings. The number of nitrogens with zero attached hydrogens (tertiary/aromatic N) is 4. The zero-order valence-corrected chi connectivity index (χ0v) is 12.6. The highest BCUT2D eigenvalue weighted by molar-refractivity contribution is 5.30. The molecule has 0 saturated carbocycles. The molecular weight excluding hydrogens is 236 g/mol. The van der Waals surface area contributed by atoms with Gasteiger partial charge in [-0.05, 0) is 6.07 Å². The summed E-state index contributed by atoms with van der Waals surface area (Å²) in [6.07, 6.45) is 3.30. The molecule has 0 spiro atoms. The molecular formula is C15H22N4. The average Bonchev–Trinajstić information content (AvgIpc) is 2.74. The Morgan fingerprint density at radius 2 is 1.68 bits per heavy atom. The van der Waals surface area contributed by atoms with Crippen LogP contribution in [0.1, 0.15) is 52.9 Å². The van der Waals surface area contributed by atoms with Crippen LogP contribution in [-0.4, -0.2) is 19.7 Å². The van der Waals surface area contributed by atoms with Crippen LogP contribution in [0.4, 0.5) is 0 Å². The fourth-order valence-corrected chi connectivity index (χ4v) is 1.87. The minimum absolute atomic E-state index is 0.0153. The van der Waals surface area contributed by atoms with E-state index in [9.17, 15) is 0 Å². The maximum atomic E-state index is 4.74. The highest BCUT2D eigenvalue weighted by Crippen LogP contribution is 2.29. The molecule has 19 heavy (non-hydrogen) atoms. The molecule has 0 radical (unpaired) electrons. The fourth-order valence-electron chi connectivity index (χ4n) is 1.87. The van der Waals surface area contributed by atoms with Crippen molar-refractivity contribution < 1.29 is 0 Å². The maximum absolute atomic E-state index is 4.74. The standard InChI is InChI=1S/C15H22N4/c1-14(2,3)11-9-12(15(4,5)6)19(18-11)13-7-8-16-10-17-13/h7-10H,1-6H3. The van der Waals surface area contributed by atoms with Gasteiger partial charge in [0.05, 0.1) is 11.4 Å². The second-order valence-electron chi connectivity index (χ2n) is 6.89. The van der Waals surface area contributed by atoms with E-state index in [0.717, 1.165) is 17.2 Å². The van der Waals surface area contributed by atoms with E-state index in [1.54, 1.807) is 12.5 Å². The van der Waals surface area contributed by atoms with Gasteiger partial charge in [0, 0.05) is 23.1 Å². The second kappa shape index (κ2) is 4.44. The van der Waals surface area contributed by atoms with Crippen molar-refractivity contribution in [1.29, 1.82) is 0 Å². The minimum Gasteiger partial charge on any atom is -0.245 e.